The van der Waals surface area contributed by atoms with Gasteiger partial charge in [-0.1, -0.05) is 0 Å². The minimum atomic E-state index is -0.169. The van der Waals surface area contributed by atoms with E-state index in [2.05, 4.69) is 37.6 Å². The molecule has 0 spiro atoms. The molecule has 0 bridgehead atoms. The first-order valence-electron chi connectivity index (χ1n) is 9.04. The molecule has 5 nitrogen and oxygen atoms in total. The molecule has 5 aliphatic rings. The highest BCUT2D eigenvalue weighted by Gasteiger charge is 2.45. The van der Waals surface area contributed by atoms with Gasteiger partial charge in [0.2, 0.25) is 0 Å². The van der Waals surface area contributed by atoms with Crippen LogP contribution in [0.15, 0.2) is 56.7 Å². The third-order valence-electron chi connectivity index (χ3n) is 5.41. The molecule has 0 aromatic carbocycles. The number of fused-ring (bicyclic) bond motifs is 2. The monoisotopic (exact) mass is 372 g/mol. The van der Waals surface area contributed by atoms with Crippen molar-refractivity contribution in [3.63, 3.8) is 0 Å². The van der Waals surface area contributed by atoms with E-state index in [4.69, 9.17) is 4.84 Å². The molecule has 2 atom stereocenters. The van der Waals surface area contributed by atoms with Crippen molar-refractivity contribution in [2.24, 2.45) is 4.40 Å². The molecule has 0 aromatic heterocycles. The summed E-state index contributed by atoms with van der Waals surface area (Å²) in [4.78, 5) is 9.57. The first kappa shape index (κ1) is 16.4. The van der Waals surface area contributed by atoms with Crippen LogP contribution in [0.1, 0.15) is 19.3 Å². The van der Waals surface area contributed by atoms with Gasteiger partial charge in [-0.15, -0.1) is 5.73 Å². The third kappa shape index (κ3) is 2.76. The fourth-order valence-electron chi connectivity index (χ4n) is 4.02. The van der Waals surface area contributed by atoms with Crippen molar-refractivity contribution in [2.75, 3.05) is 20.2 Å². The standard InChI is InChI=1S/C19H21FN4OS/c1-25-22-14-4-6-23(7-5-14)18-10-17-12(9-16(18)20)8-13-11-21-26-19(13)24(17)15-2-3-15/h4,9-11,15,17,19,22H,2-3,5-7H2,1H3. The van der Waals surface area contributed by atoms with Crippen molar-refractivity contribution < 1.29 is 9.23 Å². The summed E-state index contributed by atoms with van der Waals surface area (Å²) >= 11 is 1.60. The van der Waals surface area contributed by atoms with E-state index in [0.717, 1.165) is 29.8 Å². The molecule has 1 N–H and O–H groups in total. The van der Waals surface area contributed by atoms with Gasteiger partial charge in [-0.25, -0.2) is 8.79 Å². The largest absolute Gasteiger partial charge is 0.365 e. The average Bonchev–Trinajstić information content (AvgIpc) is 3.38. The SMILES string of the molecule is CONC1=CCN(C2=CC3C(=C=C4C=NSC4N3C3CC3)C=C2F)CC1. The lowest BCUT2D eigenvalue weighted by atomic mass is 9.93. The van der Waals surface area contributed by atoms with Crippen molar-refractivity contribution in [1.82, 2.24) is 15.3 Å². The fourth-order valence-corrected chi connectivity index (χ4v) is 4.95. The summed E-state index contributed by atoms with van der Waals surface area (Å²) in [6.07, 6.45) is 10.9. The van der Waals surface area contributed by atoms with Crippen LogP contribution in [0.3, 0.4) is 0 Å². The first-order valence-corrected chi connectivity index (χ1v) is 9.88. The summed E-state index contributed by atoms with van der Waals surface area (Å²) < 4.78 is 19.3. The number of nitrogens with zero attached hydrogens (tertiary/aromatic N) is 3. The van der Waals surface area contributed by atoms with Crippen molar-refractivity contribution in [1.29, 1.82) is 0 Å². The molecule has 1 saturated carbocycles. The van der Waals surface area contributed by atoms with Gasteiger partial charge in [0.05, 0.1) is 18.8 Å². The Labute approximate surface area is 156 Å². The van der Waals surface area contributed by atoms with E-state index in [9.17, 15) is 4.39 Å². The van der Waals surface area contributed by atoms with Crippen molar-refractivity contribution >= 4 is 18.2 Å². The van der Waals surface area contributed by atoms with E-state index in [1.54, 1.807) is 25.1 Å². The number of halogens is 1. The summed E-state index contributed by atoms with van der Waals surface area (Å²) in [5.41, 5.74) is 10.0. The normalized spacial score (nSPS) is 30.7. The summed E-state index contributed by atoms with van der Waals surface area (Å²) in [6, 6.07) is 0.652. The molecular weight excluding hydrogens is 351 g/mol. The summed E-state index contributed by atoms with van der Waals surface area (Å²) in [6.45, 7) is 1.45. The van der Waals surface area contributed by atoms with E-state index < -0.39 is 0 Å². The second-order valence-corrected chi connectivity index (χ2v) is 8.00. The summed E-state index contributed by atoms with van der Waals surface area (Å²) in [7, 11) is 1.61. The zero-order valence-corrected chi connectivity index (χ0v) is 15.4. The lowest BCUT2D eigenvalue weighted by molar-refractivity contribution is 0.111. The molecule has 136 valence electrons. The van der Waals surface area contributed by atoms with Gasteiger partial charge in [0.25, 0.3) is 0 Å². The Bertz CT molecular complexity index is 819. The van der Waals surface area contributed by atoms with Crippen LogP contribution < -0.4 is 5.48 Å². The Hall–Kier alpha value is -1.79. The van der Waals surface area contributed by atoms with E-state index in [1.807, 2.05) is 6.21 Å². The number of rotatable bonds is 4. The van der Waals surface area contributed by atoms with E-state index in [1.165, 1.54) is 12.8 Å². The molecule has 3 aliphatic heterocycles. The van der Waals surface area contributed by atoms with E-state index in [-0.39, 0.29) is 17.2 Å². The summed E-state index contributed by atoms with van der Waals surface area (Å²) in [5.74, 6) is -0.169. The number of hydrogen-bond donors (Lipinski definition) is 1. The van der Waals surface area contributed by atoms with Crippen molar-refractivity contribution in [3.05, 3.63) is 52.3 Å². The van der Waals surface area contributed by atoms with Gasteiger partial charge < -0.3 is 4.90 Å². The Morgan fingerprint density at radius 2 is 2.27 bits per heavy atom. The molecule has 0 aromatic rings. The Morgan fingerprint density at radius 1 is 1.38 bits per heavy atom. The van der Waals surface area contributed by atoms with Crippen LogP contribution >= 0.6 is 11.9 Å². The van der Waals surface area contributed by atoms with Crippen LogP contribution in [0.2, 0.25) is 0 Å². The zero-order valence-electron chi connectivity index (χ0n) is 14.6. The van der Waals surface area contributed by atoms with Crippen LogP contribution in [0, 0.1) is 0 Å². The topological polar surface area (TPSA) is 40.1 Å². The molecule has 5 rings (SSSR count). The third-order valence-corrected chi connectivity index (χ3v) is 6.34. The molecule has 0 radical (unpaired) electrons. The smallest absolute Gasteiger partial charge is 0.147 e. The molecule has 3 heterocycles. The van der Waals surface area contributed by atoms with Gasteiger partial charge in [0.1, 0.15) is 11.2 Å². The summed E-state index contributed by atoms with van der Waals surface area (Å²) in [5, 5.41) is 0.224. The number of nitrogens with one attached hydrogen (secondary N) is 1. The number of hydrogen-bond acceptors (Lipinski definition) is 6. The Morgan fingerprint density at radius 3 is 3.00 bits per heavy atom. The maximum Gasteiger partial charge on any atom is 0.147 e. The van der Waals surface area contributed by atoms with E-state index >= 15 is 0 Å². The fraction of sp³-hybridized carbons (Fsp3) is 0.474. The molecule has 0 saturated heterocycles. The molecule has 7 heteroatoms. The lowest BCUT2D eigenvalue weighted by Crippen LogP contribution is -2.46. The number of hydroxylamine groups is 1. The van der Waals surface area contributed by atoms with Gasteiger partial charge in [0.15, 0.2) is 0 Å². The Balaban J connectivity index is 1.46. The zero-order chi connectivity index (χ0) is 17.7. The minimum absolute atomic E-state index is 0.0856. The van der Waals surface area contributed by atoms with Gasteiger partial charge in [-0.3, -0.25) is 15.2 Å². The highest BCUT2D eigenvalue weighted by Crippen LogP contribution is 2.45. The second-order valence-electron chi connectivity index (χ2n) is 7.13. The lowest BCUT2D eigenvalue weighted by Gasteiger charge is -2.40. The van der Waals surface area contributed by atoms with Crippen LogP contribution in [-0.2, 0) is 4.84 Å². The number of allylic oxidation sites excluding steroid dienone is 1. The maximum atomic E-state index is 14.9. The molecule has 2 unspecified atom stereocenters. The van der Waals surface area contributed by atoms with Crippen LogP contribution in [0.25, 0.3) is 0 Å². The second kappa shape index (κ2) is 6.43. The minimum Gasteiger partial charge on any atom is -0.365 e. The molecular formula is C19H21FN4OS. The van der Waals surface area contributed by atoms with Gasteiger partial charge in [-0.2, -0.15) is 0 Å². The predicted octanol–water partition coefficient (Wildman–Crippen LogP) is 2.83. The van der Waals surface area contributed by atoms with Gasteiger partial charge >= 0.3 is 0 Å². The molecule has 26 heavy (non-hydrogen) atoms. The molecule has 1 fully saturated rings. The van der Waals surface area contributed by atoms with Crippen LogP contribution in [0.4, 0.5) is 4.39 Å². The highest BCUT2D eigenvalue weighted by atomic mass is 32.2. The van der Waals surface area contributed by atoms with Gasteiger partial charge in [0, 0.05) is 48.6 Å². The quantitative estimate of drug-likeness (QED) is 0.467. The van der Waals surface area contributed by atoms with E-state index in [0.29, 0.717) is 18.3 Å². The molecule has 2 aliphatic carbocycles. The highest BCUT2D eigenvalue weighted by molar-refractivity contribution is 7.99. The van der Waals surface area contributed by atoms with Crippen LogP contribution in [-0.4, -0.2) is 53.7 Å². The van der Waals surface area contributed by atoms with Crippen molar-refractivity contribution in [2.45, 2.75) is 36.7 Å². The predicted molar refractivity (Wildman–Crippen MR) is 101 cm³/mol. The van der Waals surface area contributed by atoms with Gasteiger partial charge in [-0.05, 0) is 43.0 Å². The first-order chi connectivity index (χ1) is 12.7. The maximum absolute atomic E-state index is 14.9. The average molecular weight is 372 g/mol. The van der Waals surface area contributed by atoms with Crippen molar-refractivity contribution in [3.8, 4) is 0 Å². The Kier molecular flexibility index (Phi) is 4.05. The molecule has 0 amide bonds. The van der Waals surface area contributed by atoms with Crippen LogP contribution in [0.5, 0.6) is 0 Å².